The molecule has 0 fully saturated rings. The summed E-state index contributed by atoms with van der Waals surface area (Å²) in [5.41, 5.74) is 5.53. The average Bonchev–Trinajstić information content (AvgIpc) is 2.88. The zero-order valence-electron chi connectivity index (χ0n) is 23.7. The van der Waals surface area contributed by atoms with Crippen LogP contribution in [-0.4, -0.2) is 39.3 Å². The minimum Gasteiger partial charge on any atom is -0.640 e. The summed E-state index contributed by atoms with van der Waals surface area (Å²) in [6.07, 6.45) is 11.9. The monoisotopic (exact) mass is 512 g/mol. The van der Waals surface area contributed by atoms with Gasteiger partial charge in [-0.1, -0.05) is 76.0 Å². The van der Waals surface area contributed by atoms with Gasteiger partial charge in [0.2, 0.25) is 0 Å². The Labute approximate surface area is 228 Å². The summed E-state index contributed by atoms with van der Waals surface area (Å²) in [5.74, 6) is 3.83. The first-order valence-corrected chi connectivity index (χ1v) is 14.6. The molecule has 0 aliphatic carbocycles. The molecule has 0 saturated carbocycles. The molecule has 4 nitrogen and oxygen atoms in total. The summed E-state index contributed by atoms with van der Waals surface area (Å²) in [4.78, 5) is 8.36. The van der Waals surface area contributed by atoms with E-state index in [1.54, 1.807) is 20.4 Å². The lowest BCUT2D eigenvalue weighted by Crippen LogP contribution is -2.19. The van der Waals surface area contributed by atoms with Crippen molar-refractivity contribution in [2.24, 2.45) is 4.99 Å². The van der Waals surface area contributed by atoms with E-state index in [4.69, 9.17) is 8.53 Å². The SMILES string of the molecule is C=C/[C](=C\C=C(C)C)[Al]([CH3])[O]c1cccc(/C=C\C(C)=NC)c1.COc1cccc(C)ccc(C)nc1. The lowest BCUT2D eigenvalue weighted by molar-refractivity contribution is 0.413. The highest BCUT2D eigenvalue weighted by atomic mass is 27.2. The minimum atomic E-state index is -1.52. The number of hydrogen-bond donors (Lipinski definition) is 0. The van der Waals surface area contributed by atoms with E-state index in [0.717, 1.165) is 28.5 Å². The number of benzene rings is 1. The van der Waals surface area contributed by atoms with E-state index in [0.29, 0.717) is 0 Å². The number of aryl methyl sites for hydroxylation is 2. The maximum Gasteiger partial charge on any atom is 0.585 e. The second-order valence-electron chi connectivity index (χ2n) is 8.75. The smallest absolute Gasteiger partial charge is 0.585 e. The van der Waals surface area contributed by atoms with E-state index in [1.165, 1.54) is 15.6 Å². The normalized spacial score (nSPS) is 11.0. The van der Waals surface area contributed by atoms with Crippen LogP contribution in [0.2, 0.25) is 5.79 Å². The third-order valence-electron chi connectivity index (χ3n) is 5.19. The van der Waals surface area contributed by atoms with E-state index in [-0.39, 0.29) is 0 Å². The number of hydrogen-bond acceptors (Lipinski definition) is 4. The first kappa shape index (κ1) is 31.6. The lowest BCUT2D eigenvalue weighted by atomic mass is 10.2. The van der Waals surface area contributed by atoms with Crippen LogP contribution in [0.1, 0.15) is 37.6 Å². The van der Waals surface area contributed by atoms with Crippen molar-refractivity contribution in [1.82, 2.24) is 4.98 Å². The standard InChI is InChI=1S/C12H15NO.C11H13NO.C8H11.CH3.Al/c1-10-5-4-6-12(14-3)9-13-11(2)8-7-10;1-9(12-2)6-7-10-4-3-5-11(13)8-10;1-4-5-6-7-8(2)3;;/h4-9H,1-3H3;3-8,13H,1-2H3;4,6-7H,1H2,2-3H3;1H3;/q;;;;+1/p-1/b;7-6-,12-9?;;;. The number of ether oxygens (including phenoxy) is 1. The zero-order valence-corrected chi connectivity index (χ0v) is 24.8. The molecule has 0 atom stereocenters. The van der Waals surface area contributed by atoms with Crippen molar-refractivity contribution >= 4 is 26.3 Å². The van der Waals surface area contributed by atoms with Crippen LogP contribution in [0.4, 0.5) is 0 Å². The number of aromatic nitrogens is 1. The van der Waals surface area contributed by atoms with Gasteiger partial charge < -0.3 is 8.53 Å². The predicted octanol–water partition coefficient (Wildman–Crippen LogP) is 8.24. The Kier molecular flexibility index (Phi) is 15.3. The van der Waals surface area contributed by atoms with Gasteiger partial charge in [0.1, 0.15) is 5.75 Å². The molecule has 0 radical (unpaired) electrons. The van der Waals surface area contributed by atoms with Gasteiger partial charge in [0.15, 0.2) is 0 Å². The van der Waals surface area contributed by atoms with Gasteiger partial charge in [0.25, 0.3) is 0 Å². The molecule has 5 heteroatoms. The minimum absolute atomic E-state index is 0.753. The van der Waals surface area contributed by atoms with E-state index < -0.39 is 14.5 Å². The van der Waals surface area contributed by atoms with E-state index in [9.17, 15) is 0 Å². The Balaban J connectivity index is 0.000000417. The topological polar surface area (TPSA) is 43.7 Å². The number of aliphatic imine (C=N–C) groups is 1. The molecule has 2 rings (SSSR count). The van der Waals surface area contributed by atoms with Crippen molar-refractivity contribution in [1.29, 1.82) is 0 Å². The van der Waals surface area contributed by atoms with Crippen LogP contribution in [0, 0.1) is 13.8 Å². The van der Waals surface area contributed by atoms with Crippen LogP contribution < -0.4 is 8.53 Å². The fraction of sp³-hybridized carbons (Fsp3) is 0.250. The molecule has 37 heavy (non-hydrogen) atoms. The molecular weight excluding hydrogens is 471 g/mol. The maximum absolute atomic E-state index is 6.18. The Bertz CT molecular complexity index is 1190. The van der Waals surface area contributed by atoms with Crippen LogP contribution >= 0.6 is 0 Å². The van der Waals surface area contributed by atoms with Gasteiger partial charge >= 0.3 is 14.5 Å². The molecule has 0 N–H and O–H groups in total. The van der Waals surface area contributed by atoms with Gasteiger partial charge in [-0.25, -0.2) is 0 Å². The van der Waals surface area contributed by atoms with Crippen molar-refractivity contribution in [3.63, 3.8) is 0 Å². The summed E-state index contributed by atoms with van der Waals surface area (Å²) < 4.78 is 12.5. The van der Waals surface area contributed by atoms with Crippen molar-refractivity contribution in [2.45, 2.75) is 40.4 Å². The Morgan fingerprint density at radius 2 is 1.68 bits per heavy atom. The summed E-state index contributed by atoms with van der Waals surface area (Å²) >= 11 is -1.52. The Morgan fingerprint density at radius 1 is 0.973 bits per heavy atom. The molecule has 0 amide bonds. The summed E-state index contributed by atoms with van der Waals surface area (Å²) in [6, 6.07) is 18.0. The number of allylic oxidation sites excluding steroid dienone is 6. The first-order valence-electron chi connectivity index (χ1n) is 12.4. The molecule has 1 aromatic carbocycles. The average molecular weight is 513 g/mol. The first-order chi connectivity index (χ1) is 17.7. The molecule has 0 bridgehead atoms. The van der Waals surface area contributed by atoms with Gasteiger partial charge in [-0.2, -0.15) is 0 Å². The van der Waals surface area contributed by atoms with Crippen molar-refractivity contribution in [2.75, 3.05) is 14.2 Å². The van der Waals surface area contributed by atoms with Gasteiger partial charge in [-0.15, -0.1) is 6.58 Å². The predicted molar refractivity (Wildman–Crippen MR) is 162 cm³/mol. The fourth-order valence-corrected chi connectivity index (χ4v) is 4.25. The summed E-state index contributed by atoms with van der Waals surface area (Å²) in [7, 11) is 3.43. The molecular formula is C32H41AlN2O2. The highest BCUT2D eigenvalue weighted by molar-refractivity contribution is 6.60. The second-order valence-corrected chi connectivity index (χ2v) is 10.9. The zero-order chi connectivity index (χ0) is 27.6. The molecule has 0 aliphatic rings. The lowest BCUT2D eigenvalue weighted by Gasteiger charge is -2.13. The third kappa shape index (κ3) is 14.1. The maximum atomic E-state index is 6.18. The van der Waals surface area contributed by atoms with Gasteiger partial charge in [-0.3, -0.25) is 9.98 Å². The Morgan fingerprint density at radius 3 is 2.32 bits per heavy atom. The number of methoxy groups -OCH3 is 1. The quantitative estimate of drug-likeness (QED) is 0.203. The van der Waals surface area contributed by atoms with Crippen LogP contribution in [0.15, 0.2) is 107 Å². The third-order valence-corrected chi connectivity index (χ3v) is 7.19. The van der Waals surface area contributed by atoms with Crippen LogP contribution in [-0.2, 0) is 0 Å². The Hall–Kier alpha value is -3.39. The molecule has 0 aliphatic heterocycles. The van der Waals surface area contributed by atoms with Gasteiger partial charge in [0.05, 0.1) is 19.1 Å². The molecule has 0 saturated heterocycles. The van der Waals surface area contributed by atoms with Crippen molar-refractivity contribution < 1.29 is 8.53 Å². The van der Waals surface area contributed by atoms with E-state index >= 15 is 0 Å². The van der Waals surface area contributed by atoms with Crippen molar-refractivity contribution in [3.05, 3.63) is 119 Å². The highest BCUT2D eigenvalue weighted by Gasteiger charge is 2.20. The van der Waals surface area contributed by atoms with Crippen LogP contribution in [0.25, 0.3) is 6.08 Å². The van der Waals surface area contributed by atoms with Gasteiger partial charge in [0, 0.05) is 18.5 Å². The molecule has 0 unspecified atom stereocenters. The highest BCUT2D eigenvalue weighted by Crippen LogP contribution is 2.18. The fourth-order valence-electron chi connectivity index (χ4n) is 2.86. The molecule has 194 valence electrons. The summed E-state index contributed by atoms with van der Waals surface area (Å²) in [6.45, 7) is 14.1. The molecule has 1 aromatic heterocycles. The van der Waals surface area contributed by atoms with E-state index in [2.05, 4.69) is 66.5 Å². The number of rotatable bonds is 8. The van der Waals surface area contributed by atoms with Gasteiger partial charge in [-0.05, 0) is 70.5 Å². The van der Waals surface area contributed by atoms with Crippen molar-refractivity contribution in [3.8, 4) is 11.5 Å². The molecule has 0 spiro atoms. The van der Waals surface area contributed by atoms with E-state index in [1.807, 2.05) is 75.4 Å². The largest absolute Gasteiger partial charge is 0.640 e. The second kappa shape index (κ2) is 17.9. The summed E-state index contributed by atoms with van der Waals surface area (Å²) in [5, 5.41) is 0. The number of nitrogens with zero attached hydrogens (tertiary/aromatic N) is 2. The van der Waals surface area contributed by atoms with Crippen LogP contribution in [0.3, 0.4) is 0 Å². The molecule has 2 aromatic rings. The van der Waals surface area contributed by atoms with Crippen LogP contribution in [0.5, 0.6) is 11.5 Å². The molecule has 1 heterocycles.